The van der Waals surface area contributed by atoms with Crippen molar-refractivity contribution in [2.24, 2.45) is 5.92 Å². The molecule has 0 aliphatic carbocycles. The van der Waals surface area contributed by atoms with E-state index >= 15 is 0 Å². The summed E-state index contributed by atoms with van der Waals surface area (Å²) in [6, 6.07) is 1.70. The highest BCUT2D eigenvalue weighted by molar-refractivity contribution is 6.29. The first-order valence-corrected chi connectivity index (χ1v) is 7.92. The zero-order valence-electron chi connectivity index (χ0n) is 13.4. The average Bonchev–Trinajstić information content (AvgIpc) is 2.37. The molecule has 0 amide bonds. The second-order valence-corrected chi connectivity index (χ2v) is 6.72. The molecular formula is C16H27ClN2O. The fourth-order valence-electron chi connectivity index (χ4n) is 1.91. The number of unbranched alkanes of at least 4 members (excludes halogenated alkanes) is 1. The quantitative estimate of drug-likeness (QED) is 0.663. The van der Waals surface area contributed by atoms with Crippen molar-refractivity contribution in [2.45, 2.75) is 65.7 Å². The van der Waals surface area contributed by atoms with Crippen LogP contribution in [-0.2, 0) is 5.41 Å². The fraction of sp³-hybridized carbons (Fsp3) is 0.750. The Morgan fingerprint density at radius 2 is 1.95 bits per heavy atom. The molecule has 1 atom stereocenters. The standard InChI is InChI=1S/C16H27ClN2O/c1-6-8-9-12(7-2)11-20-14-10-13(17)18-15(19-14)16(3,4)5/h10,12H,6-9,11H2,1-5H3. The normalized spacial score (nSPS) is 13.3. The van der Waals surface area contributed by atoms with Crippen LogP contribution < -0.4 is 4.74 Å². The van der Waals surface area contributed by atoms with Gasteiger partial charge in [0.1, 0.15) is 11.0 Å². The van der Waals surface area contributed by atoms with Gasteiger partial charge in [0, 0.05) is 11.5 Å². The zero-order chi connectivity index (χ0) is 15.2. The van der Waals surface area contributed by atoms with Gasteiger partial charge in [0.2, 0.25) is 5.88 Å². The molecule has 0 fully saturated rings. The van der Waals surface area contributed by atoms with Crippen LogP contribution in [0, 0.1) is 5.92 Å². The third-order valence-electron chi connectivity index (χ3n) is 3.35. The van der Waals surface area contributed by atoms with E-state index in [1.807, 2.05) is 0 Å². The maximum atomic E-state index is 6.06. The molecule has 1 rings (SSSR count). The minimum absolute atomic E-state index is 0.130. The summed E-state index contributed by atoms with van der Waals surface area (Å²) < 4.78 is 5.84. The smallest absolute Gasteiger partial charge is 0.218 e. The molecule has 0 N–H and O–H groups in total. The first kappa shape index (κ1) is 17.2. The van der Waals surface area contributed by atoms with Gasteiger partial charge in [-0.1, -0.05) is 65.5 Å². The summed E-state index contributed by atoms with van der Waals surface area (Å²) in [6.07, 6.45) is 4.81. The molecule has 0 spiro atoms. The summed E-state index contributed by atoms with van der Waals surface area (Å²) in [7, 11) is 0. The zero-order valence-corrected chi connectivity index (χ0v) is 14.1. The topological polar surface area (TPSA) is 35.0 Å². The number of nitrogens with zero attached hydrogens (tertiary/aromatic N) is 2. The van der Waals surface area contributed by atoms with E-state index in [-0.39, 0.29) is 5.41 Å². The van der Waals surface area contributed by atoms with Gasteiger partial charge in [0.15, 0.2) is 0 Å². The molecule has 0 aliphatic heterocycles. The van der Waals surface area contributed by atoms with E-state index in [9.17, 15) is 0 Å². The van der Waals surface area contributed by atoms with Crippen molar-refractivity contribution in [1.29, 1.82) is 0 Å². The van der Waals surface area contributed by atoms with Crippen molar-refractivity contribution in [2.75, 3.05) is 6.61 Å². The van der Waals surface area contributed by atoms with E-state index in [1.165, 1.54) is 19.3 Å². The Balaban J connectivity index is 2.70. The third-order valence-corrected chi connectivity index (χ3v) is 3.55. The van der Waals surface area contributed by atoms with Crippen LogP contribution in [0.2, 0.25) is 5.15 Å². The first-order valence-electron chi connectivity index (χ1n) is 7.54. The van der Waals surface area contributed by atoms with Gasteiger partial charge in [0.05, 0.1) is 6.61 Å². The predicted octanol–water partition coefficient (Wildman–Crippen LogP) is 5.02. The molecule has 4 heteroatoms. The molecule has 3 nitrogen and oxygen atoms in total. The Morgan fingerprint density at radius 1 is 1.25 bits per heavy atom. The molecule has 0 aromatic carbocycles. The van der Waals surface area contributed by atoms with E-state index < -0.39 is 0 Å². The lowest BCUT2D eigenvalue weighted by Crippen LogP contribution is -2.18. The Kier molecular flexibility index (Phi) is 6.74. The van der Waals surface area contributed by atoms with E-state index in [0.717, 1.165) is 12.2 Å². The van der Waals surface area contributed by atoms with Crippen LogP contribution in [-0.4, -0.2) is 16.6 Å². The van der Waals surface area contributed by atoms with Crippen LogP contribution in [0.3, 0.4) is 0 Å². The molecule has 114 valence electrons. The van der Waals surface area contributed by atoms with Crippen LogP contribution in [0.25, 0.3) is 0 Å². The third kappa shape index (κ3) is 5.66. The molecule has 1 unspecified atom stereocenters. The number of halogens is 1. The number of aromatic nitrogens is 2. The van der Waals surface area contributed by atoms with Gasteiger partial charge >= 0.3 is 0 Å². The molecule has 0 aliphatic rings. The van der Waals surface area contributed by atoms with Crippen LogP contribution >= 0.6 is 11.6 Å². The minimum Gasteiger partial charge on any atom is -0.477 e. The summed E-state index contributed by atoms with van der Waals surface area (Å²) in [6.45, 7) is 11.3. The number of hydrogen-bond donors (Lipinski definition) is 0. The second-order valence-electron chi connectivity index (χ2n) is 6.33. The Hall–Kier alpha value is -0.830. The van der Waals surface area contributed by atoms with E-state index in [0.29, 0.717) is 23.6 Å². The Labute approximate surface area is 128 Å². The summed E-state index contributed by atoms with van der Waals surface area (Å²) in [5.74, 6) is 1.90. The van der Waals surface area contributed by atoms with Gasteiger partial charge in [-0.2, -0.15) is 4.98 Å². The maximum absolute atomic E-state index is 6.06. The van der Waals surface area contributed by atoms with Crippen LogP contribution in [0.5, 0.6) is 5.88 Å². The van der Waals surface area contributed by atoms with Gasteiger partial charge in [-0.05, 0) is 12.3 Å². The molecule has 0 radical (unpaired) electrons. The van der Waals surface area contributed by atoms with Crippen molar-refractivity contribution in [1.82, 2.24) is 9.97 Å². The SMILES string of the molecule is CCCCC(CC)COc1cc(Cl)nc(C(C)(C)C)n1. The maximum Gasteiger partial charge on any atom is 0.218 e. The molecule has 20 heavy (non-hydrogen) atoms. The van der Waals surface area contributed by atoms with Crippen molar-refractivity contribution < 1.29 is 4.74 Å². The molecule has 0 bridgehead atoms. The summed E-state index contributed by atoms with van der Waals surface area (Å²) in [5, 5.41) is 0.446. The van der Waals surface area contributed by atoms with Crippen LogP contribution in [0.1, 0.15) is 66.1 Å². The lowest BCUT2D eigenvalue weighted by Gasteiger charge is -2.19. The molecular weight excluding hydrogens is 272 g/mol. The van der Waals surface area contributed by atoms with Crippen molar-refractivity contribution in [3.8, 4) is 5.88 Å². The highest BCUT2D eigenvalue weighted by Gasteiger charge is 2.19. The highest BCUT2D eigenvalue weighted by atomic mass is 35.5. The molecule has 1 heterocycles. The minimum atomic E-state index is -0.130. The van der Waals surface area contributed by atoms with Crippen molar-refractivity contribution in [3.05, 3.63) is 17.0 Å². The summed E-state index contributed by atoms with van der Waals surface area (Å²) in [4.78, 5) is 8.75. The van der Waals surface area contributed by atoms with Gasteiger partial charge in [-0.15, -0.1) is 0 Å². The average molecular weight is 299 g/mol. The molecule has 0 saturated heterocycles. The number of rotatable bonds is 7. The van der Waals surface area contributed by atoms with Gasteiger partial charge in [-0.25, -0.2) is 4.98 Å². The molecule has 1 aromatic rings. The fourth-order valence-corrected chi connectivity index (χ4v) is 2.08. The molecule has 0 saturated carbocycles. The van der Waals surface area contributed by atoms with Gasteiger partial charge in [-0.3, -0.25) is 0 Å². The van der Waals surface area contributed by atoms with Gasteiger partial charge < -0.3 is 4.74 Å². The van der Waals surface area contributed by atoms with Gasteiger partial charge in [0.25, 0.3) is 0 Å². The number of ether oxygens (including phenoxy) is 1. The van der Waals surface area contributed by atoms with E-state index in [1.54, 1.807) is 6.07 Å². The lowest BCUT2D eigenvalue weighted by atomic mass is 9.96. The Morgan fingerprint density at radius 3 is 2.50 bits per heavy atom. The van der Waals surface area contributed by atoms with Crippen LogP contribution in [0.4, 0.5) is 0 Å². The van der Waals surface area contributed by atoms with Crippen LogP contribution in [0.15, 0.2) is 6.07 Å². The molecule has 1 aromatic heterocycles. The lowest BCUT2D eigenvalue weighted by molar-refractivity contribution is 0.224. The largest absolute Gasteiger partial charge is 0.477 e. The van der Waals surface area contributed by atoms with E-state index in [2.05, 4.69) is 44.6 Å². The van der Waals surface area contributed by atoms with E-state index in [4.69, 9.17) is 16.3 Å². The summed E-state index contributed by atoms with van der Waals surface area (Å²) >= 11 is 6.06. The van der Waals surface area contributed by atoms with Crippen molar-refractivity contribution >= 4 is 11.6 Å². The monoisotopic (exact) mass is 298 g/mol. The predicted molar refractivity (Wildman–Crippen MR) is 84.5 cm³/mol. The highest BCUT2D eigenvalue weighted by Crippen LogP contribution is 2.24. The summed E-state index contributed by atoms with van der Waals surface area (Å²) in [5.41, 5.74) is -0.130. The second kappa shape index (κ2) is 7.82. The number of hydrogen-bond acceptors (Lipinski definition) is 3. The van der Waals surface area contributed by atoms with Crippen molar-refractivity contribution in [3.63, 3.8) is 0 Å². The Bertz CT molecular complexity index is 415. The first-order chi connectivity index (χ1) is 9.36.